The van der Waals surface area contributed by atoms with E-state index in [1.165, 1.54) is 18.3 Å². The number of rotatable bonds is 3. The standard InChI is InChI=1S/C10H6F4N4OS/c11-8-2-1-5(20-8)4-15-18-9(19)6-3-7(17-16-6)10(12,13)14/h1-4H,(H,16,17)(H,18,19)/b15-4+. The molecule has 2 heterocycles. The molecule has 2 rings (SSSR count). The molecule has 0 saturated carbocycles. The molecule has 0 aliphatic carbocycles. The van der Waals surface area contributed by atoms with Gasteiger partial charge in [-0.1, -0.05) is 0 Å². The van der Waals surface area contributed by atoms with Crippen molar-refractivity contribution in [3.8, 4) is 0 Å². The summed E-state index contributed by atoms with van der Waals surface area (Å²) in [7, 11) is 0. The van der Waals surface area contributed by atoms with Gasteiger partial charge in [0.05, 0.1) is 11.1 Å². The molecule has 10 heteroatoms. The SMILES string of the molecule is O=C(N/N=C/c1ccc(F)s1)c1cc(C(F)(F)F)[nH]n1. The average Bonchev–Trinajstić information content (AvgIpc) is 2.97. The molecule has 0 aliphatic rings. The van der Waals surface area contributed by atoms with Crippen LogP contribution in [0.2, 0.25) is 0 Å². The van der Waals surface area contributed by atoms with Crippen LogP contribution in [0.15, 0.2) is 23.3 Å². The Morgan fingerprint density at radius 2 is 2.20 bits per heavy atom. The third kappa shape index (κ3) is 3.41. The van der Waals surface area contributed by atoms with E-state index in [2.05, 4.69) is 10.2 Å². The van der Waals surface area contributed by atoms with Gasteiger partial charge in [0.15, 0.2) is 10.8 Å². The van der Waals surface area contributed by atoms with Crippen molar-refractivity contribution in [1.29, 1.82) is 0 Å². The number of aromatic nitrogens is 2. The zero-order valence-electron chi connectivity index (χ0n) is 9.53. The Morgan fingerprint density at radius 1 is 1.45 bits per heavy atom. The molecule has 1 amide bonds. The lowest BCUT2D eigenvalue weighted by molar-refractivity contribution is -0.141. The minimum absolute atomic E-state index is 0.417. The van der Waals surface area contributed by atoms with Gasteiger partial charge in [0.1, 0.15) is 5.69 Å². The molecule has 0 saturated heterocycles. The first-order valence-electron chi connectivity index (χ1n) is 5.07. The highest BCUT2D eigenvalue weighted by Crippen LogP contribution is 2.27. The Balaban J connectivity index is 1.98. The second-order valence-corrected chi connectivity index (χ2v) is 4.57. The predicted octanol–water partition coefficient (Wildman–Crippen LogP) is 2.39. The van der Waals surface area contributed by atoms with Crippen molar-refractivity contribution in [3.05, 3.63) is 39.6 Å². The number of halogens is 4. The van der Waals surface area contributed by atoms with Crippen LogP contribution in [-0.4, -0.2) is 22.3 Å². The summed E-state index contributed by atoms with van der Waals surface area (Å²) < 4.78 is 49.5. The van der Waals surface area contributed by atoms with Gasteiger partial charge in [0, 0.05) is 6.07 Å². The van der Waals surface area contributed by atoms with Crippen molar-refractivity contribution in [2.24, 2.45) is 5.10 Å². The first kappa shape index (κ1) is 14.2. The second-order valence-electron chi connectivity index (χ2n) is 3.51. The summed E-state index contributed by atoms with van der Waals surface area (Å²) >= 11 is 0.805. The normalized spacial score (nSPS) is 12.0. The molecule has 0 aromatic carbocycles. The maximum Gasteiger partial charge on any atom is 0.432 e. The van der Waals surface area contributed by atoms with Gasteiger partial charge >= 0.3 is 6.18 Å². The number of carbonyl (C=O) groups excluding carboxylic acids is 1. The molecule has 0 fully saturated rings. The molecule has 2 N–H and O–H groups in total. The topological polar surface area (TPSA) is 70.1 Å². The number of hydrazone groups is 1. The van der Waals surface area contributed by atoms with E-state index >= 15 is 0 Å². The minimum atomic E-state index is -4.61. The van der Waals surface area contributed by atoms with Gasteiger partial charge in [0.2, 0.25) is 0 Å². The van der Waals surface area contributed by atoms with Crippen LogP contribution in [0, 0.1) is 5.13 Å². The number of hydrogen-bond acceptors (Lipinski definition) is 4. The summed E-state index contributed by atoms with van der Waals surface area (Å²) in [5, 5.41) is 8.00. The predicted molar refractivity (Wildman–Crippen MR) is 62.9 cm³/mol. The van der Waals surface area contributed by atoms with Crippen molar-refractivity contribution in [1.82, 2.24) is 15.6 Å². The maximum absolute atomic E-state index is 12.6. The summed E-state index contributed by atoms with van der Waals surface area (Å²) in [6.07, 6.45) is -3.44. The number of nitrogens with zero attached hydrogens (tertiary/aromatic N) is 2. The molecule has 0 atom stereocenters. The fourth-order valence-corrected chi connectivity index (χ4v) is 1.80. The lowest BCUT2D eigenvalue weighted by Crippen LogP contribution is -2.17. The first-order chi connectivity index (χ1) is 9.36. The first-order valence-corrected chi connectivity index (χ1v) is 5.89. The Hall–Kier alpha value is -2.23. The molecular weight excluding hydrogens is 300 g/mol. The summed E-state index contributed by atoms with van der Waals surface area (Å²) in [4.78, 5) is 11.9. The van der Waals surface area contributed by atoms with E-state index in [-0.39, 0.29) is 0 Å². The zero-order chi connectivity index (χ0) is 14.8. The smallest absolute Gasteiger partial charge is 0.273 e. The van der Waals surface area contributed by atoms with E-state index in [0.29, 0.717) is 10.9 Å². The quantitative estimate of drug-likeness (QED) is 0.519. The van der Waals surface area contributed by atoms with Crippen LogP contribution >= 0.6 is 11.3 Å². The Morgan fingerprint density at radius 3 is 2.75 bits per heavy atom. The lowest BCUT2D eigenvalue weighted by atomic mass is 10.3. The van der Waals surface area contributed by atoms with Gasteiger partial charge in [-0.2, -0.15) is 27.8 Å². The van der Waals surface area contributed by atoms with E-state index < -0.39 is 28.6 Å². The summed E-state index contributed by atoms with van der Waals surface area (Å²) in [5.41, 5.74) is 0.402. The van der Waals surface area contributed by atoms with Crippen LogP contribution in [0.25, 0.3) is 0 Å². The highest BCUT2D eigenvalue weighted by molar-refractivity contribution is 7.12. The lowest BCUT2D eigenvalue weighted by Gasteiger charge is -1.99. The fraction of sp³-hybridized carbons (Fsp3) is 0.100. The fourth-order valence-electron chi connectivity index (χ4n) is 1.19. The highest BCUT2D eigenvalue weighted by Gasteiger charge is 2.33. The van der Waals surface area contributed by atoms with Gasteiger partial charge in [-0.15, -0.1) is 11.3 Å². The van der Waals surface area contributed by atoms with E-state index in [4.69, 9.17) is 0 Å². The Bertz CT molecular complexity index is 646. The number of hydrogen-bond donors (Lipinski definition) is 2. The second kappa shape index (κ2) is 5.41. The van der Waals surface area contributed by atoms with E-state index in [0.717, 1.165) is 11.3 Å². The number of thiophene rings is 1. The monoisotopic (exact) mass is 306 g/mol. The molecule has 106 valence electrons. The summed E-state index contributed by atoms with van der Waals surface area (Å²) in [6, 6.07) is 3.22. The van der Waals surface area contributed by atoms with E-state index in [9.17, 15) is 22.4 Å². The van der Waals surface area contributed by atoms with Gasteiger partial charge in [-0.05, 0) is 12.1 Å². The summed E-state index contributed by atoms with van der Waals surface area (Å²) in [6.45, 7) is 0. The molecule has 5 nitrogen and oxygen atoms in total. The molecule has 2 aromatic rings. The number of alkyl halides is 3. The van der Waals surface area contributed by atoms with Gasteiger partial charge in [0.25, 0.3) is 5.91 Å². The Kier molecular flexibility index (Phi) is 3.84. The number of aromatic amines is 1. The Labute approximate surface area is 113 Å². The molecule has 2 aromatic heterocycles. The number of nitrogens with one attached hydrogen (secondary N) is 2. The van der Waals surface area contributed by atoms with Crippen LogP contribution in [0.3, 0.4) is 0 Å². The minimum Gasteiger partial charge on any atom is -0.273 e. The van der Waals surface area contributed by atoms with Crippen LogP contribution in [0.1, 0.15) is 21.1 Å². The van der Waals surface area contributed by atoms with Crippen LogP contribution in [0.5, 0.6) is 0 Å². The molecule has 0 aliphatic heterocycles. The largest absolute Gasteiger partial charge is 0.432 e. The van der Waals surface area contributed by atoms with Crippen molar-refractivity contribution in [3.63, 3.8) is 0 Å². The van der Waals surface area contributed by atoms with Crippen LogP contribution in [-0.2, 0) is 6.18 Å². The van der Waals surface area contributed by atoms with Crippen molar-refractivity contribution >= 4 is 23.5 Å². The van der Waals surface area contributed by atoms with Crippen molar-refractivity contribution in [2.45, 2.75) is 6.18 Å². The van der Waals surface area contributed by atoms with Gasteiger partial charge in [-0.25, -0.2) is 5.43 Å². The average molecular weight is 306 g/mol. The molecule has 0 bridgehead atoms. The molecule has 0 spiro atoms. The van der Waals surface area contributed by atoms with Crippen LogP contribution < -0.4 is 5.43 Å². The number of H-pyrrole nitrogens is 1. The van der Waals surface area contributed by atoms with Gasteiger partial charge < -0.3 is 0 Å². The molecule has 0 unspecified atom stereocenters. The molecule has 0 radical (unpaired) electrons. The zero-order valence-corrected chi connectivity index (χ0v) is 10.3. The highest BCUT2D eigenvalue weighted by atomic mass is 32.1. The van der Waals surface area contributed by atoms with Gasteiger partial charge in [-0.3, -0.25) is 9.89 Å². The summed E-state index contributed by atoms with van der Waals surface area (Å²) in [5.74, 6) is -0.912. The van der Waals surface area contributed by atoms with Crippen molar-refractivity contribution < 1.29 is 22.4 Å². The van der Waals surface area contributed by atoms with Crippen molar-refractivity contribution in [2.75, 3.05) is 0 Å². The third-order valence-corrected chi connectivity index (χ3v) is 2.88. The van der Waals surface area contributed by atoms with Crippen LogP contribution in [0.4, 0.5) is 17.6 Å². The number of carbonyl (C=O) groups is 1. The molecular formula is C10H6F4N4OS. The molecule has 20 heavy (non-hydrogen) atoms. The van der Waals surface area contributed by atoms with E-state index in [1.54, 1.807) is 5.10 Å². The van der Waals surface area contributed by atoms with E-state index in [1.807, 2.05) is 5.43 Å². The number of amides is 1. The maximum atomic E-state index is 12.6. The third-order valence-electron chi connectivity index (χ3n) is 2.07.